The summed E-state index contributed by atoms with van der Waals surface area (Å²) in [5.74, 6) is -1.39. The Labute approximate surface area is 150 Å². The van der Waals surface area contributed by atoms with E-state index < -0.39 is 11.8 Å². The van der Waals surface area contributed by atoms with Gasteiger partial charge in [0.05, 0.1) is 0 Å². The SMILES string of the molecule is Cc1ccc(NC(=O)C(=O)Nc2ccccc2C(C)(C)C)cc1Br. The summed E-state index contributed by atoms with van der Waals surface area (Å²) >= 11 is 3.41. The van der Waals surface area contributed by atoms with Gasteiger partial charge < -0.3 is 10.6 Å². The number of rotatable bonds is 2. The summed E-state index contributed by atoms with van der Waals surface area (Å²) in [5, 5.41) is 5.31. The van der Waals surface area contributed by atoms with Gasteiger partial charge in [0.2, 0.25) is 0 Å². The molecule has 0 spiro atoms. The summed E-state index contributed by atoms with van der Waals surface area (Å²) < 4.78 is 0.874. The molecule has 126 valence electrons. The number of benzene rings is 2. The van der Waals surface area contributed by atoms with Crippen LogP contribution in [0.1, 0.15) is 31.9 Å². The molecule has 5 heteroatoms. The van der Waals surface area contributed by atoms with Gasteiger partial charge in [-0.15, -0.1) is 0 Å². The Morgan fingerprint density at radius 2 is 1.58 bits per heavy atom. The first kappa shape index (κ1) is 18.2. The second kappa shape index (κ2) is 7.18. The van der Waals surface area contributed by atoms with E-state index in [0.717, 1.165) is 15.6 Å². The first-order chi connectivity index (χ1) is 11.2. The maximum absolute atomic E-state index is 12.2. The molecule has 0 saturated carbocycles. The minimum absolute atomic E-state index is 0.137. The molecule has 0 bridgehead atoms. The van der Waals surface area contributed by atoms with Crippen LogP contribution in [0, 0.1) is 6.92 Å². The number of hydrogen-bond acceptors (Lipinski definition) is 2. The molecular weight excluding hydrogens is 368 g/mol. The molecule has 4 nitrogen and oxygen atoms in total. The van der Waals surface area contributed by atoms with Crippen molar-refractivity contribution in [3.63, 3.8) is 0 Å². The Balaban J connectivity index is 2.12. The van der Waals surface area contributed by atoms with E-state index in [4.69, 9.17) is 0 Å². The average Bonchev–Trinajstić information content (AvgIpc) is 2.50. The molecule has 2 aromatic carbocycles. The molecule has 0 aliphatic heterocycles. The van der Waals surface area contributed by atoms with Gasteiger partial charge >= 0.3 is 11.8 Å². The third-order valence-corrected chi connectivity index (χ3v) is 4.47. The molecule has 24 heavy (non-hydrogen) atoms. The normalized spacial score (nSPS) is 11.0. The average molecular weight is 389 g/mol. The van der Waals surface area contributed by atoms with Crippen LogP contribution in [0.5, 0.6) is 0 Å². The lowest BCUT2D eigenvalue weighted by Crippen LogP contribution is -2.30. The number of para-hydroxylation sites is 1. The van der Waals surface area contributed by atoms with Crippen molar-refractivity contribution >= 4 is 39.1 Å². The molecule has 2 rings (SSSR count). The standard InChI is InChI=1S/C19H21BrN2O2/c1-12-9-10-13(11-15(12)20)21-17(23)18(24)22-16-8-6-5-7-14(16)19(2,3)4/h5-11H,1-4H3,(H,21,23)(H,22,24). The summed E-state index contributed by atoms with van der Waals surface area (Å²) in [4.78, 5) is 24.3. The number of halogens is 1. The minimum Gasteiger partial charge on any atom is -0.318 e. The highest BCUT2D eigenvalue weighted by Crippen LogP contribution is 2.29. The van der Waals surface area contributed by atoms with Crippen LogP contribution < -0.4 is 10.6 Å². The van der Waals surface area contributed by atoms with E-state index in [0.29, 0.717) is 11.4 Å². The van der Waals surface area contributed by atoms with Crippen LogP contribution in [-0.2, 0) is 15.0 Å². The van der Waals surface area contributed by atoms with Crippen LogP contribution in [-0.4, -0.2) is 11.8 Å². The van der Waals surface area contributed by atoms with E-state index >= 15 is 0 Å². The Hall–Kier alpha value is -2.14. The zero-order chi connectivity index (χ0) is 17.9. The van der Waals surface area contributed by atoms with Gasteiger partial charge in [0.25, 0.3) is 0 Å². The van der Waals surface area contributed by atoms with Crippen LogP contribution in [0.4, 0.5) is 11.4 Å². The molecule has 0 aliphatic carbocycles. The second-order valence-electron chi connectivity index (χ2n) is 6.67. The second-order valence-corrected chi connectivity index (χ2v) is 7.52. The number of nitrogens with one attached hydrogen (secondary N) is 2. The molecule has 0 atom stereocenters. The summed E-state index contributed by atoms with van der Waals surface area (Å²) in [6.07, 6.45) is 0. The van der Waals surface area contributed by atoms with Crippen LogP contribution in [0.25, 0.3) is 0 Å². The van der Waals surface area contributed by atoms with Gasteiger partial charge in [0, 0.05) is 15.8 Å². The summed E-state index contributed by atoms with van der Waals surface area (Å²) in [6, 6.07) is 12.9. The molecule has 2 amide bonds. The predicted molar refractivity (Wildman–Crippen MR) is 101 cm³/mol. The smallest absolute Gasteiger partial charge is 0.314 e. The quantitative estimate of drug-likeness (QED) is 0.736. The molecule has 0 aromatic heterocycles. The Kier molecular flexibility index (Phi) is 5.44. The van der Waals surface area contributed by atoms with Crippen molar-refractivity contribution in [2.75, 3.05) is 10.6 Å². The molecule has 0 saturated heterocycles. The summed E-state index contributed by atoms with van der Waals surface area (Å²) in [6.45, 7) is 8.12. The summed E-state index contributed by atoms with van der Waals surface area (Å²) in [5.41, 5.74) is 3.11. The predicted octanol–water partition coefficient (Wildman–Crippen LogP) is 4.63. The van der Waals surface area contributed by atoms with Crippen molar-refractivity contribution in [2.24, 2.45) is 0 Å². The number of carbonyl (C=O) groups is 2. The van der Waals surface area contributed by atoms with Crippen LogP contribution in [0.3, 0.4) is 0 Å². The number of hydrogen-bond donors (Lipinski definition) is 2. The fraction of sp³-hybridized carbons (Fsp3) is 0.263. The third kappa shape index (κ3) is 4.45. The molecule has 2 N–H and O–H groups in total. The molecule has 0 fully saturated rings. The maximum Gasteiger partial charge on any atom is 0.314 e. The maximum atomic E-state index is 12.2. The highest BCUT2D eigenvalue weighted by molar-refractivity contribution is 9.10. The number of anilines is 2. The highest BCUT2D eigenvalue weighted by Gasteiger charge is 2.21. The van der Waals surface area contributed by atoms with Crippen LogP contribution in [0.2, 0.25) is 0 Å². The van der Waals surface area contributed by atoms with Gasteiger partial charge in [-0.05, 0) is 41.7 Å². The number of aryl methyl sites for hydroxylation is 1. The first-order valence-electron chi connectivity index (χ1n) is 7.66. The fourth-order valence-electron chi connectivity index (χ4n) is 2.28. The Bertz CT molecular complexity index is 779. The van der Waals surface area contributed by atoms with Gasteiger partial charge in [-0.3, -0.25) is 9.59 Å². The van der Waals surface area contributed by atoms with Gasteiger partial charge in [0.1, 0.15) is 0 Å². The van der Waals surface area contributed by atoms with E-state index in [1.807, 2.05) is 31.2 Å². The monoisotopic (exact) mass is 388 g/mol. The molecule has 0 radical (unpaired) electrons. The van der Waals surface area contributed by atoms with Crippen LogP contribution in [0.15, 0.2) is 46.9 Å². The van der Waals surface area contributed by atoms with Crippen molar-refractivity contribution < 1.29 is 9.59 Å². The lowest BCUT2D eigenvalue weighted by Gasteiger charge is -2.22. The zero-order valence-electron chi connectivity index (χ0n) is 14.2. The topological polar surface area (TPSA) is 58.2 Å². The Morgan fingerprint density at radius 1 is 0.958 bits per heavy atom. The largest absolute Gasteiger partial charge is 0.318 e. The van der Waals surface area contributed by atoms with E-state index in [2.05, 4.69) is 47.3 Å². The third-order valence-electron chi connectivity index (χ3n) is 3.62. The van der Waals surface area contributed by atoms with E-state index in [-0.39, 0.29) is 5.41 Å². The van der Waals surface area contributed by atoms with Crippen molar-refractivity contribution in [1.29, 1.82) is 0 Å². The van der Waals surface area contributed by atoms with E-state index in [9.17, 15) is 9.59 Å². The van der Waals surface area contributed by atoms with E-state index in [1.54, 1.807) is 18.2 Å². The molecular formula is C19H21BrN2O2. The summed E-state index contributed by atoms with van der Waals surface area (Å²) in [7, 11) is 0. The Morgan fingerprint density at radius 3 is 2.21 bits per heavy atom. The van der Waals surface area contributed by atoms with Crippen molar-refractivity contribution in [1.82, 2.24) is 0 Å². The van der Waals surface area contributed by atoms with Gasteiger partial charge in [-0.2, -0.15) is 0 Å². The molecule has 0 aliphatic rings. The molecule has 2 aromatic rings. The number of amides is 2. The van der Waals surface area contributed by atoms with E-state index in [1.165, 1.54) is 0 Å². The van der Waals surface area contributed by atoms with Gasteiger partial charge in [-0.25, -0.2) is 0 Å². The van der Waals surface area contributed by atoms with Crippen molar-refractivity contribution in [2.45, 2.75) is 33.1 Å². The lowest BCUT2D eigenvalue weighted by molar-refractivity contribution is -0.133. The minimum atomic E-state index is -0.700. The van der Waals surface area contributed by atoms with Crippen molar-refractivity contribution in [3.8, 4) is 0 Å². The lowest BCUT2D eigenvalue weighted by atomic mass is 9.86. The highest BCUT2D eigenvalue weighted by atomic mass is 79.9. The van der Waals surface area contributed by atoms with Crippen LogP contribution >= 0.6 is 15.9 Å². The first-order valence-corrected chi connectivity index (χ1v) is 8.46. The zero-order valence-corrected chi connectivity index (χ0v) is 15.8. The molecule has 0 unspecified atom stereocenters. The number of carbonyl (C=O) groups excluding carboxylic acids is 2. The van der Waals surface area contributed by atoms with Crippen molar-refractivity contribution in [3.05, 3.63) is 58.1 Å². The van der Waals surface area contributed by atoms with Gasteiger partial charge in [0.15, 0.2) is 0 Å². The molecule has 0 heterocycles. The fourth-order valence-corrected chi connectivity index (χ4v) is 2.66. The van der Waals surface area contributed by atoms with Gasteiger partial charge in [-0.1, -0.05) is 61.0 Å².